The van der Waals surface area contributed by atoms with Gasteiger partial charge in [0.15, 0.2) is 5.92 Å². The molecule has 0 bridgehead atoms. The van der Waals surface area contributed by atoms with Crippen molar-refractivity contribution in [3.63, 3.8) is 0 Å². The van der Waals surface area contributed by atoms with Gasteiger partial charge in [0.1, 0.15) is 0 Å². The third-order valence-electron chi connectivity index (χ3n) is 3.49. The van der Waals surface area contributed by atoms with Gasteiger partial charge in [-0.15, -0.1) is 0 Å². The number of esters is 2. The van der Waals surface area contributed by atoms with Crippen LogP contribution < -0.4 is 0 Å². The van der Waals surface area contributed by atoms with Crippen LogP contribution in [0.1, 0.15) is 12.8 Å². The van der Waals surface area contributed by atoms with Crippen LogP contribution in [0.2, 0.25) is 0 Å². The van der Waals surface area contributed by atoms with Crippen LogP contribution in [0.5, 0.6) is 0 Å². The Morgan fingerprint density at radius 1 is 1.05 bits per heavy atom. The molecular formula is C16H19NO4. The Kier molecular flexibility index (Phi) is 4.98. The summed E-state index contributed by atoms with van der Waals surface area (Å²) in [5, 5.41) is 2.35. The molecule has 5 nitrogen and oxygen atoms in total. The van der Waals surface area contributed by atoms with Crippen molar-refractivity contribution in [2.45, 2.75) is 19.4 Å². The van der Waals surface area contributed by atoms with Gasteiger partial charge in [-0.05, 0) is 23.6 Å². The summed E-state index contributed by atoms with van der Waals surface area (Å²) in [4.78, 5) is 23.1. The fraction of sp³-hybridized carbons (Fsp3) is 0.375. The van der Waals surface area contributed by atoms with Gasteiger partial charge in [-0.25, -0.2) is 0 Å². The number of rotatable bonds is 6. The standard InChI is InChI=1S/C16H19NO4/c1-20-15(18)14(16(19)21-2)8-5-9-17-10-12-6-3-4-7-13(12)11-17/h3-4,6-7,10-11,14H,5,8-9H2,1-2H3. The molecule has 5 heteroatoms. The predicted octanol–water partition coefficient (Wildman–Crippen LogP) is 2.38. The highest BCUT2D eigenvalue weighted by Crippen LogP contribution is 2.16. The molecule has 1 heterocycles. The Bertz CT molecular complexity index is 583. The normalized spacial score (nSPS) is 10.8. The summed E-state index contributed by atoms with van der Waals surface area (Å²) >= 11 is 0. The van der Waals surface area contributed by atoms with Crippen LogP contribution >= 0.6 is 0 Å². The minimum atomic E-state index is -0.843. The van der Waals surface area contributed by atoms with Crippen LogP contribution in [0.4, 0.5) is 0 Å². The number of ether oxygens (including phenoxy) is 2. The number of fused-ring (bicyclic) bond motifs is 1. The van der Waals surface area contributed by atoms with E-state index in [1.807, 2.05) is 12.1 Å². The SMILES string of the molecule is COC(=O)C(CCCn1cc2ccccc2c1)C(=O)OC. The fourth-order valence-electron chi connectivity index (χ4n) is 2.36. The largest absolute Gasteiger partial charge is 0.468 e. The third-order valence-corrected chi connectivity index (χ3v) is 3.49. The van der Waals surface area contributed by atoms with Gasteiger partial charge >= 0.3 is 11.9 Å². The highest BCUT2D eigenvalue weighted by molar-refractivity contribution is 5.94. The van der Waals surface area contributed by atoms with E-state index in [1.165, 1.54) is 25.0 Å². The zero-order chi connectivity index (χ0) is 15.2. The summed E-state index contributed by atoms with van der Waals surface area (Å²) in [6, 6.07) is 8.10. The van der Waals surface area contributed by atoms with Crippen molar-refractivity contribution >= 4 is 22.7 Å². The molecule has 0 atom stereocenters. The Labute approximate surface area is 123 Å². The van der Waals surface area contributed by atoms with E-state index in [2.05, 4.69) is 38.6 Å². The average Bonchev–Trinajstić information content (AvgIpc) is 2.92. The molecule has 0 aliphatic heterocycles. The molecule has 1 aromatic carbocycles. The highest BCUT2D eigenvalue weighted by atomic mass is 16.5. The number of carbonyl (C=O) groups excluding carboxylic acids is 2. The molecule has 0 spiro atoms. The van der Waals surface area contributed by atoms with Gasteiger partial charge in [-0.1, -0.05) is 24.3 Å². The lowest BCUT2D eigenvalue weighted by Gasteiger charge is -2.12. The topological polar surface area (TPSA) is 57.5 Å². The van der Waals surface area contributed by atoms with Gasteiger partial charge in [-0.2, -0.15) is 0 Å². The Balaban J connectivity index is 1.95. The monoisotopic (exact) mass is 289 g/mol. The zero-order valence-corrected chi connectivity index (χ0v) is 12.2. The Morgan fingerprint density at radius 3 is 2.05 bits per heavy atom. The molecule has 0 saturated heterocycles. The van der Waals surface area contributed by atoms with Crippen molar-refractivity contribution in [3.8, 4) is 0 Å². The predicted molar refractivity (Wildman–Crippen MR) is 78.7 cm³/mol. The van der Waals surface area contributed by atoms with E-state index < -0.39 is 17.9 Å². The van der Waals surface area contributed by atoms with Crippen LogP contribution in [0.3, 0.4) is 0 Å². The molecule has 21 heavy (non-hydrogen) atoms. The summed E-state index contributed by atoms with van der Waals surface area (Å²) in [7, 11) is 2.55. The number of benzene rings is 1. The number of hydrogen-bond donors (Lipinski definition) is 0. The molecule has 0 fully saturated rings. The number of hydrogen-bond acceptors (Lipinski definition) is 4. The number of carbonyl (C=O) groups is 2. The molecule has 0 aliphatic carbocycles. The lowest BCUT2D eigenvalue weighted by molar-refractivity contribution is -0.159. The molecule has 112 valence electrons. The molecule has 0 N–H and O–H groups in total. The van der Waals surface area contributed by atoms with Crippen molar-refractivity contribution in [2.24, 2.45) is 5.92 Å². The number of nitrogens with zero attached hydrogens (tertiary/aromatic N) is 1. The van der Waals surface area contributed by atoms with Crippen LogP contribution in [0, 0.1) is 5.92 Å². The smallest absolute Gasteiger partial charge is 0.320 e. The summed E-state index contributed by atoms with van der Waals surface area (Å²) in [6.07, 6.45) is 5.21. The number of aromatic nitrogens is 1. The Hall–Kier alpha value is -2.30. The van der Waals surface area contributed by atoms with Gasteiger partial charge in [0.05, 0.1) is 14.2 Å². The second-order valence-corrected chi connectivity index (χ2v) is 4.87. The van der Waals surface area contributed by atoms with Crippen molar-refractivity contribution < 1.29 is 19.1 Å². The van der Waals surface area contributed by atoms with Crippen LogP contribution in [-0.4, -0.2) is 30.7 Å². The molecule has 0 aliphatic rings. The molecule has 2 aromatic rings. The van der Waals surface area contributed by atoms with Gasteiger partial charge < -0.3 is 14.0 Å². The first-order chi connectivity index (χ1) is 10.2. The maximum absolute atomic E-state index is 11.6. The molecule has 2 rings (SSSR count). The van der Waals surface area contributed by atoms with Crippen molar-refractivity contribution in [1.82, 2.24) is 4.57 Å². The van der Waals surface area contributed by atoms with E-state index in [4.69, 9.17) is 0 Å². The minimum absolute atomic E-state index is 0.411. The summed E-state index contributed by atoms with van der Waals surface area (Å²) in [5.74, 6) is -1.93. The second kappa shape index (κ2) is 6.92. The van der Waals surface area contributed by atoms with E-state index in [1.54, 1.807) is 0 Å². The van der Waals surface area contributed by atoms with Crippen molar-refractivity contribution in [3.05, 3.63) is 36.7 Å². The first kappa shape index (κ1) is 15.1. The minimum Gasteiger partial charge on any atom is -0.468 e. The number of aryl methyl sites for hydroxylation is 1. The maximum atomic E-state index is 11.6. The van der Waals surface area contributed by atoms with Gasteiger partial charge in [0.2, 0.25) is 0 Å². The third kappa shape index (κ3) is 3.62. The fourth-order valence-corrected chi connectivity index (χ4v) is 2.36. The lowest BCUT2D eigenvalue weighted by Crippen LogP contribution is -2.26. The quantitative estimate of drug-likeness (QED) is 0.605. The summed E-state index contributed by atoms with van der Waals surface area (Å²) < 4.78 is 11.3. The maximum Gasteiger partial charge on any atom is 0.320 e. The number of methoxy groups -OCH3 is 2. The van der Waals surface area contributed by atoms with Gasteiger partial charge in [0, 0.05) is 18.9 Å². The second-order valence-electron chi connectivity index (χ2n) is 4.87. The summed E-state index contributed by atoms with van der Waals surface area (Å²) in [5.41, 5.74) is 0. The van der Waals surface area contributed by atoms with Gasteiger partial charge in [0.25, 0.3) is 0 Å². The van der Waals surface area contributed by atoms with E-state index in [0.717, 1.165) is 6.54 Å². The summed E-state index contributed by atoms with van der Waals surface area (Å²) in [6.45, 7) is 0.735. The lowest BCUT2D eigenvalue weighted by atomic mass is 10.0. The molecule has 1 aromatic heterocycles. The van der Waals surface area contributed by atoms with Crippen LogP contribution in [0.25, 0.3) is 10.8 Å². The average molecular weight is 289 g/mol. The molecular weight excluding hydrogens is 270 g/mol. The van der Waals surface area contributed by atoms with Crippen molar-refractivity contribution in [2.75, 3.05) is 14.2 Å². The zero-order valence-electron chi connectivity index (χ0n) is 12.2. The molecule has 0 saturated carbocycles. The highest BCUT2D eigenvalue weighted by Gasteiger charge is 2.27. The van der Waals surface area contributed by atoms with Crippen molar-refractivity contribution in [1.29, 1.82) is 0 Å². The van der Waals surface area contributed by atoms with Crippen LogP contribution in [0.15, 0.2) is 36.7 Å². The van der Waals surface area contributed by atoms with E-state index in [0.29, 0.717) is 12.8 Å². The van der Waals surface area contributed by atoms with Gasteiger partial charge in [-0.3, -0.25) is 9.59 Å². The molecule has 0 unspecified atom stereocenters. The van der Waals surface area contributed by atoms with E-state index in [-0.39, 0.29) is 0 Å². The first-order valence-corrected chi connectivity index (χ1v) is 6.86. The van der Waals surface area contributed by atoms with E-state index >= 15 is 0 Å². The first-order valence-electron chi connectivity index (χ1n) is 6.86. The van der Waals surface area contributed by atoms with Crippen LogP contribution in [-0.2, 0) is 25.6 Å². The van der Waals surface area contributed by atoms with E-state index in [9.17, 15) is 9.59 Å². The molecule has 0 amide bonds. The molecule has 0 radical (unpaired) electrons. The Morgan fingerprint density at radius 2 is 1.57 bits per heavy atom.